The van der Waals surface area contributed by atoms with E-state index in [4.69, 9.17) is 18.9 Å². The Balaban J connectivity index is 1.63. The number of nitrogens with zero attached hydrogens (tertiary/aromatic N) is 3. The van der Waals surface area contributed by atoms with Crippen LogP contribution in [0.5, 0.6) is 5.75 Å². The van der Waals surface area contributed by atoms with Crippen molar-refractivity contribution in [2.24, 2.45) is 9.98 Å². The highest BCUT2D eigenvalue weighted by Gasteiger charge is 2.22. The number of alkyl carbamates (subject to hydrolysis) is 1. The first-order valence-corrected chi connectivity index (χ1v) is 20.3. The molecule has 1 aliphatic heterocycles. The lowest BCUT2D eigenvalue weighted by Crippen LogP contribution is -2.48. The molecule has 0 aliphatic carbocycles. The topological polar surface area (TPSA) is 181 Å². The molecule has 3 rings (SSSR count). The first-order valence-electron chi connectivity index (χ1n) is 20.3. The van der Waals surface area contributed by atoms with Gasteiger partial charge in [0.05, 0.1) is 0 Å². The second-order valence-corrected chi connectivity index (χ2v) is 17.2. The molecule has 16 heteroatoms. The Morgan fingerprint density at radius 2 is 1.46 bits per heavy atom. The van der Waals surface area contributed by atoms with Gasteiger partial charge in [-0.2, -0.15) is 0 Å². The number of amides is 5. The van der Waals surface area contributed by atoms with Gasteiger partial charge in [0.1, 0.15) is 35.0 Å². The number of ether oxygens (including phenoxy) is 4. The van der Waals surface area contributed by atoms with Crippen LogP contribution in [0.15, 0.2) is 52.4 Å². The Kier molecular flexibility index (Phi) is 18.4. The largest absolute Gasteiger partial charge is 0.489 e. The van der Waals surface area contributed by atoms with Gasteiger partial charge in [0.25, 0.3) is 0 Å². The maximum absolute atomic E-state index is 14.4. The molecule has 0 saturated carbocycles. The molecular weight excluding hydrogens is 762 g/mol. The van der Waals surface area contributed by atoms with Crippen molar-refractivity contribution in [3.05, 3.63) is 65.0 Å². The molecule has 0 saturated heterocycles. The summed E-state index contributed by atoms with van der Waals surface area (Å²) in [5.41, 5.74) is 0.141. The quantitative estimate of drug-likeness (QED) is 0.0829. The van der Waals surface area contributed by atoms with Crippen LogP contribution in [-0.4, -0.2) is 77.6 Å². The summed E-state index contributed by atoms with van der Waals surface area (Å²) in [4.78, 5) is 60.9. The van der Waals surface area contributed by atoms with Crippen LogP contribution in [0, 0.1) is 5.82 Å². The molecule has 0 atom stereocenters. The van der Waals surface area contributed by atoms with Gasteiger partial charge < -0.3 is 34.5 Å². The second-order valence-electron chi connectivity index (χ2n) is 17.2. The van der Waals surface area contributed by atoms with Gasteiger partial charge >= 0.3 is 24.3 Å². The number of nitrogens with one attached hydrogen (secondary N) is 4. The molecule has 0 radical (unpaired) electrons. The van der Waals surface area contributed by atoms with Crippen LogP contribution in [0.3, 0.4) is 0 Å². The second kappa shape index (κ2) is 22.7. The van der Waals surface area contributed by atoms with Gasteiger partial charge in [0.15, 0.2) is 0 Å². The number of hydrogen-bond acceptors (Lipinski definition) is 8. The molecule has 0 spiro atoms. The third-order valence-electron chi connectivity index (χ3n) is 8.32. The van der Waals surface area contributed by atoms with Crippen molar-refractivity contribution in [1.29, 1.82) is 0 Å². The zero-order valence-electron chi connectivity index (χ0n) is 36.2. The molecule has 15 nitrogen and oxygen atoms in total. The molecule has 326 valence electrons. The molecule has 59 heavy (non-hydrogen) atoms. The van der Waals surface area contributed by atoms with E-state index >= 15 is 0 Å². The summed E-state index contributed by atoms with van der Waals surface area (Å²) >= 11 is 0. The molecule has 5 amide bonds. The number of benzene rings is 2. The number of rotatable bonds is 9. The fourth-order valence-electron chi connectivity index (χ4n) is 5.77. The van der Waals surface area contributed by atoms with Crippen molar-refractivity contribution in [3.63, 3.8) is 0 Å². The number of carbonyl (C=O) groups is 4. The maximum Gasteiger partial charge on any atom is 0.437 e. The summed E-state index contributed by atoms with van der Waals surface area (Å²) in [5.74, 6) is 0.142. The smallest absolute Gasteiger partial charge is 0.437 e. The normalized spacial score (nSPS) is 15.2. The molecule has 4 N–H and O–H groups in total. The van der Waals surface area contributed by atoms with Crippen LogP contribution >= 0.6 is 0 Å². The van der Waals surface area contributed by atoms with E-state index in [1.165, 1.54) is 12.1 Å². The average Bonchev–Trinajstić information content (AvgIpc) is 3.09. The predicted molar refractivity (Wildman–Crippen MR) is 225 cm³/mol. The van der Waals surface area contributed by atoms with E-state index in [0.29, 0.717) is 38.2 Å². The summed E-state index contributed by atoms with van der Waals surface area (Å²) in [5, 5.41) is 11.4. The lowest BCUT2D eigenvalue weighted by molar-refractivity contribution is 0.0556. The van der Waals surface area contributed by atoms with Crippen molar-refractivity contribution in [2.45, 2.75) is 144 Å². The van der Waals surface area contributed by atoms with Crippen LogP contribution in [0.25, 0.3) is 0 Å². The van der Waals surface area contributed by atoms with Gasteiger partial charge in [-0.15, -0.1) is 9.98 Å². The van der Waals surface area contributed by atoms with Crippen LogP contribution < -0.4 is 26.0 Å². The molecule has 0 fully saturated rings. The fraction of sp³-hybridized carbons (Fsp3) is 0.581. The average molecular weight is 826 g/mol. The van der Waals surface area contributed by atoms with Crippen LogP contribution in [-0.2, 0) is 33.8 Å². The summed E-state index contributed by atoms with van der Waals surface area (Å²) in [7, 11) is 0. The minimum Gasteiger partial charge on any atom is -0.489 e. The number of guanidine groups is 2. The monoisotopic (exact) mass is 825 g/mol. The minimum absolute atomic E-state index is 0.0548. The Bertz CT molecular complexity index is 1780. The first-order chi connectivity index (χ1) is 27.7. The van der Waals surface area contributed by atoms with Crippen molar-refractivity contribution in [3.8, 4) is 5.75 Å². The number of para-hydroxylation sites is 1. The molecule has 2 aromatic rings. The van der Waals surface area contributed by atoms with Crippen molar-refractivity contribution >= 4 is 36.2 Å². The van der Waals surface area contributed by atoms with E-state index in [1.54, 1.807) is 73.3 Å². The maximum atomic E-state index is 14.4. The SMILES string of the molecule is CC(C)(C)OC(=O)/N=C(/NCCCCCCCCN1CCCc2cc(F)ccc2COc2ccccc2CN/C(=N/C(=O)OC(C)(C)C)NC1=O)NC(=O)OC(C)(C)C. The molecule has 1 heterocycles. The lowest BCUT2D eigenvalue weighted by atomic mass is 10.0. The summed E-state index contributed by atoms with van der Waals surface area (Å²) in [6, 6.07) is 11.6. The highest BCUT2D eigenvalue weighted by Crippen LogP contribution is 2.22. The van der Waals surface area contributed by atoms with E-state index in [0.717, 1.165) is 55.2 Å². The first kappa shape index (κ1) is 48.0. The number of fused-ring (bicyclic) bond motifs is 2. The third-order valence-corrected chi connectivity index (χ3v) is 8.32. The van der Waals surface area contributed by atoms with Gasteiger partial charge in [0, 0.05) is 31.7 Å². The predicted octanol–water partition coefficient (Wildman–Crippen LogP) is 8.49. The Labute approximate surface area is 348 Å². The molecule has 0 bridgehead atoms. The number of urea groups is 1. The van der Waals surface area contributed by atoms with Crippen LogP contribution in [0.4, 0.5) is 23.6 Å². The van der Waals surface area contributed by atoms with Crippen molar-refractivity contribution < 1.29 is 42.5 Å². The van der Waals surface area contributed by atoms with E-state index in [9.17, 15) is 23.6 Å². The Morgan fingerprint density at radius 3 is 2.15 bits per heavy atom. The number of hydrogen-bond donors (Lipinski definition) is 4. The van der Waals surface area contributed by atoms with E-state index in [1.807, 2.05) is 24.3 Å². The number of halogens is 1. The van der Waals surface area contributed by atoms with Gasteiger partial charge in [0.2, 0.25) is 11.9 Å². The Morgan fingerprint density at radius 1 is 0.814 bits per heavy atom. The van der Waals surface area contributed by atoms with Crippen molar-refractivity contribution in [1.82, 2.24) is 26.2 Å². The minimum atomic E-state index is -0.854. The van der Waals surface area contributed by atoms with Gasteiger partial charge in [-0.1, -0.05) is 49.9 Å². The van der Waals surface area contributed by atoms with Gasteiger partial charge in [-0.05, 0) is 117 Å². The molecule has 0 aromatic heterocycles. The van der Waals surface area contributed by atoms with Gasteiger partial charge in [-0.25, -0.2) is 23.6 Å². The van der Waals surface area contributed by atoms with Crippen molar-refractivity contribution in [2.75, 3.05) is 19.6 Å². The summed E-state index contributed by atoms with van der Waals surface area (Å²) in [6.45, 7) is 17.2. The number of aryl methyl sites for hydroxylation is 1. The third kappa shape index (κ3) is 20.2. The van der Waals surface area contributed by atoms with E-state index < -0.39 is 41.1 Å². The number of unbranched alkanes of at least 4 members (excludes halogenated alkanes) is 5. The van der Waals surface area contributed by atoms with Gasteiger partial charge in [-0.3, -0.25) is 10.6 Å². The highest BCUT2D eigenvalue weighted by atomic mass is 19.1. The number of carbonyl (C=O) groups excluding carboxylic acids is 4. The molecule has 0 unspecified atom stereocenters. The standard InChI is InChI=1S/C43H64FN7O8/c1-41(2,3)57-38(53)48-35(49-39(54)58-42(4,5)6)45-24-16-12-10-11-13-17-25-51-26-18-20-30-27-33(44)23-22-32(30)29-56-34-21-15-14-19-31(34)28-46-36(47-37(51)52)50-40(55)59-43(7,8)9/h14-15,19,21-23,27H,10-13,16-18,20,24-26,28-29H2,1-9H3,(H2,45,48,49,53,54)(H2,46,47,50,52,55). The lowest BCUT2D eigenvalue weighted by Gasteiger charge is -2.24. The fourth-order valence-corrected chi connectivity index (χ4v) is 5.77. The van der Waals surface area contributed by atoms with Crippen LogP contribution in [0.1, 0.15) is 124 Å². The van der Waals surface area contributed by atoms with E-state index in [-0.39, 0.29) is 30.9 Å². The molecule has 2 aromatic carbocycles. The zero-order valence-corrected chi connectivity index (χ0v) is 36.2. The zero-order chi connectivity index (χ0) is 43.6. The number of aliphatic imine (C=N–C) groups is 2. The summed E-state index contributed by atoms with van der Waals surface area (Å²) < 4.78 is 36.6. The van der Waals surface area contributed by atoms with E-state index in [2.05, 4.69) is 31.3 Å². The highest BCUT2D eigenvalue weighted by molar-refractivity contribution is 6.00. The van der Waals surface area contributed by atoms with Crippen LogP contribution in [0.2, 0.25) is 0 Å². The Hall–Kier alpha value is -5.41. The molecule has 1 aliphatic rings. The summed E-state index contributed by atoms with van der Waals surface area (Å²) in [6.07, 6.45) is 3.62. The molecular formula is C43H64FN7O8.